The average Bonchev–Trinajstić information content (AvgIpc) is 2.89. The third kappa shape index (κ3) is 1.53. The predicted molar refractivity (Wildman–Crippen MR) is 63.1 cm³/mol. The van der Waals surface area contributed by atoms with Crippen LogP contribution >= 0.6 is 11.8 Å². The van der Waals surface area contributed by atoms with E-state index in [9.17, 15) is 5.26 Å². The van der Waals surface area contributed by atoms with Gasteiger partial charge >= 0.3 is 0 Å². The second kappa shape index (κ2) is 4.11. The summed E-state index contributed by atoms with van der Waals surface area (Å²) in [5.41, 5.74) is 2.99. The number of nitrogens with one attached hydrogen (secondary N) is 1. The zero-order chi connectivity index (χ0) is 11.0. The van der Waals surface area contributed by atoms with Gasteiger partial charge in [0.15, 0.2) is 0 Å². The number of fused-ring (bicyclic) bond motifs is 1. The lowest BCUT2D eigenvalue weighted by atomic mass is 10.1. The monoisotopic (exact) mass is 234 g/mol. The Kier molecular flexibility index (Phi) is 2.62. The highest BCUT2D eigenvalue weighted by Crippen LogP contribution is 2.30. The van der Waals surface area contributed by atoms with Crippen LogP contribution in [0.15, 0.2) is 0 Å². The van der Waals surface area contributed by atoms with Gasteiger partial charge < -0.3 is 5.32 Å². The van der Waals surface area contributed by atoms with Gasteiger partial charge in [-0.15, -0.1) is 0 Å². The van der Waals surface area contributed by atoms with Gasteiger partial charge in [0.2, 0.25) is 0 Å². The molecule has 5 heteroatoms. The lowest BCUT2D eigenvalue weighted by Gasteiger charge is -2.22. The molecule has 1 saturated heterocycles. The average molecular weight is 234 g/mol. The molecule has 0 aromatic carbocycles. The lowest BCUT2D eigenvalue weighted by molar-refractivity contribution is 0.417. The highest BCUT2D eigenvalue weighted by molar-refractivity contribution is 7.99. The molecule has 2 aliphatic heterocycles. The molecule has 0 aliphatic carbocycles. The third-order valence-corrected chi connectivity index (χ3v) is 4.38. The highest BCUT2D eigenvalue weighted by Gasteiger charge is 2.26. The molecule has 3 rings (SSSR count). The molecule has 4 nitrogen and oxygen atoms in total. The summed E-state index contributed by atoms with van der Waals surface area (Å²) in [5.74, 6) is 2.39. The van der Waals surface area contributed by atoms with E-state index in [4.69, 9.17) is 0 Å². The molecule has 3 heterocycles. The fraction of sp³-hybridized carbons (Fsp3) is 0.636. The van der Waals surface area contributed by atoms with Crippen molar-refractivity contribution in [1.82, 2.24) is 15.1 Å². The molecule has 0 spiro atoms. The molecule has 84 valence electrons. The Morgan fingerprint density at radius 1 is 1.38 bits per heavy atom. The van der Waals surface area contributed by atoms with E-state index in [1.807, 2.05) is 16.4 Å². The van der Waals surface area contributed by atoms with Crippen molar-refractivity contribution in [2.75, 3.05) is 11.5 Å². The third-order valence-electron chi connectivity index (χ3n) is 3.33. The predicted octanol–water partition coefficient (Wildman–Crippen LogP) is 1.43. The number of rotatable bonds is 1. The van der Waals surface area contributed by atoms with Crippen LogP contribution in [-0.4, -0.2) is 21.3 Å². The van der Waals surface area contributed by atoms with Gasteiger partial charge in [0, 0.05) is 18.7 Å². The molecule has 0 radical (unpaired) electrons. The van der Waals surface area contributed by atoms with Crippen LogP contribution in [-0.2, 0) is 13.1 Å². The van der Waals surface area contributed by atoms with Crippen LogP contribution in [0.2, 0.25) is 0 Å². The van der Waals surface area contributed by atoms with Gasteiger partial charge in [0.25, 0.3) is 0 Å². The maximum atomic E-state index is 9.26. The highest BCUT2D eigenvalue weighted by atomic mass is 32.2. The molecule has 1 aromatic heterocycles. The Morgan fingerprint density at radius 2 is 2.19 bits per heavy atom. The minimum absolute atomic E-state index is 0.446. The van der Waals surface area contributed by atoms with Crippen LogP contribution in [0.4, 0.5) is 0 Å². The molecule has 16 heavy (non-hydrogen) atoms. The topological polar surface area (TPSA) is 53.6 Å². The number of hydrogen-bond acceptors (Lipinski definition) is 4. The summed E-state index contributed by atoms with van der Waals surface area (Å²) >= 11 is 2.00. The van der Waals surface area contributed by atoms with Gasteiger partial charge in [-0.3, -0.25) is 4.68 Å². The Bertz CT molecular complexity index is 440. The maximum Gasteiger partial charge on any atom is 0.143 e. The van der Waals surface area contributed by atoms with Crippen LogP contribution in [0.25, 0.3) is 0 Å². The maximum absolute atomic E-state index is 9.26. The first-order chi connectivity index (χ1) is 7.90. The quantitative estimate of drug-likeness (QED) is 0.798. The fourth-order valence-electron chi connectivity index (χ4n) is 2.46. The van der Waals surface area contributed by atoms with Crippen molar-refractivity contribution in [3.8, 4) is 6.07 Å². The van der Waals surface area contributed by atoms with Crippen molar-refractivity contribution >= 4 is 11.8 Å². The van der Waals surface area contributed by atoms with E-state index in [1.165, 1.54) is 11.5 Å². The minimum atomic E-state index is 0.446. The Hall–Kier alpha value is -0.990. The number of aromatic nitrogens is 2. The van der Waals surface area contributed by atoms with Crippen molar-refractivity contribution < 1.29 is 0 Å². The Balaban J connectivity index is 1.97. The first-order valence-electron chi connectivity index (χ1n) is 5.69. The first kappa shape index (κ1) is 10.2. The lowest BCUT2D eigenvalue weighted by Crippen LogP contribution is -2.19. The molecular weight excluding hydrogens is 220 g/mol. The van der Waals surface area contributed by atoms with Crippen LogP contribution < -0.4 is 5.32 Å². The Labute approximate surface area is 99.0 Å². The van der Waals surface area contributed by atoms with Crippen molar-refractivity contribution in [2.45, 2.75) is 32.0 Å². The van der Waals surface area contributed by atoms with E-state index in [2.05, 4.69) is 16.5 Å². The van der Waals surface area contributed by atoms with Gasteiger partial charge in [-0.2, -0.15) is 22.1 Å². The van der Waals surface area contributed by atoms with Crippen LogP contribution in [0.3, 0.4) is 0 Å². The van der Waals surface area contributed by atoms with E-state index in [0.717, 1.165) is 42.9 Å². The zero-order valence-electron chi connectivity index (χ0n) is 9.07. The molecule has 0 bridgehead atoms. The van der Waals surface area contributed by atoms with Crippen molar-refractivity contribution in [3.63, 3.8) is 0 Å². The summed E-state index contributed by atoms with van der Waals surface area (Å²) in [6.07, 6.45) is 2.29. The van der Waals surface area contributed by atoms with Gasteiger partial charge in [0.05, 0.1) is 11.7 Å². The van der Waals surface area contributed by atoms with Crippen molar-refractivity contribution in [2.24, 2.45) is 0 Å². The largest absolute Gasteiger partial charge is 0.307 e. The van der Waals surface area contributed by atoms with Crippen molar-refractivity contribution in [3.05, 3.63) is 17.0 Å². The van der Waals surface area contributed by atoms with Gasteiger partial charge in [0.1, 0.15) is 11.8 Å². The SMILES string of the molecule is N#Cc1c2c(nn1C1CCSCC1)CNC2. The van der Waals surface area contributed by atoms with Crippen molar-refractivity contribution in [1.29, 1.82) is 5.26 Å². The molecule has 1 aromatic rings. The van der Waals surface area contributed by atoms with Gasteiger partial charge in [-0.1, -0.05) is 0 Å². The van der Waals surface area contributed by atoms with E-state index < -0.39 is 0 Å². The number of hydrogen-bond donors (Lipinski definition) is 1. The zero-order valence-corrected chi connectivity index (χ0v) is 9.89. The molecule has 0 atom stereocenters. The molecule has 0 unspecified atom stereocenters. The van der Waals surface area contributed by atoms with E-state index in [1.54, 1.807) is 0 Å². The van der Waals surface area contributed by atoms with Gasteiger partial charge in [-0.25, -0.2) is 0 Å². The van der Waals surface area contributed by atoms with Gasteiger partial charge in [-0.05, 0) is 24.3 Å². The normalized spacial score (nSPS) is 20.7. The summed E-state index contributed by atoms with van der Waals surface area (Å²) < 4.78 is 1.99. The minimum Gasteiger partial charge on any atom is -0.307 e. The van der Waals surface area contributed by atoms with Crippen LogP contribution in [0.5, 0.6) is 0 Å². The molecule has 0 amide bonds. The standard InChI is InChI=1S/C11H14N4S/c12-5-11-9-6-13-7-10(9)14-15(11)8-1-3-16-4-2-8/h8,13H,1-4,6-7H2. The molecule has 1 N–H and O–H groups in total. The summed E-state index contributed by atoms with van der Waals surface area (Å²) in [5, 5.41) is 17.1. The molecule has 0 saturated carbocycles. The first-order valence-corrected chi connectivity index (χ1v) is 6.84. The molecule has 1 fully saturated rings. The summed E-state index contributed by atoms with van der Waals surface area (Å²) in [6.45, 7) is 1.62. The summed E-state index contributed by atoms with van der Waals surface area (Å²) in [4.78, 5) is 0. The summed E-state index contributed by atoms with van der Waals surface area (Å²) in [7, 11) is 0. The molecular formula is C11H14N4S. The summed E-state index contributed by atoms with van der Waals surface area (Å²) in [6, 6.07) is 2.77. The number of nitriles is 1. The second-order valence-corrected chi connectivity index (χ2v) is 5.50. The number of nitrogens with zero attached hydrogens (tertiary/aromatic N) is 3. The van der Waals surface area contributed by atoms with E-state index in [0.29, 0.717) is 6.04 Å². The second-order valence-electron chi connectivity index (χ2n) is 4.28. The van der Waals surface area contributed by atoms with E-state index in [-0.39, 0.29) is 0 Å². The van der Waals surface area contributed by atoms with E-state index >= 15 is 0 Å². The van der Waals surface area contributed by atoms with Crippen LogP contribution in [0, 0.1) is 11.3 Å². The molecule has 2 aliphatic rings. The number of thioether (sulfide) groups is 1. The Morgan fingerprint density at radius 3 is 2.94 bits per heavy atom. The van der Waals surface area contributed by atoms with Crippen LogP contribution in [0.1, 0.15) is 35.8 Å². The fourth-order valence-corrected chi connectivity index (χ4v) is 3.54. The smallest absolute Gasteiger partial charge is 0.143 e.